The number of hydrogen-bond donors (Lipinski definition) is 1. The second-order valence-electron chi connectivity index (χ2n) is 10.4. The van der Waals surface area contributed by atoms with E-state index in [-0.39, 0.29) is 25.6 Å². The lowest BCUT2D eigenvalue weighted by atomic mass is 9.89. The fourth-order valence-corrected chi connectivity index (χ4v) is 5.60. The summed E-state index contributed by atoms with van der Waals surface area (Å²) < 4.78 is 26.0. The van der Waals surface area contributed by atoms with Crippen LogP contribution in [-0.4, -0.2) is 48.0 Å². The molecule has 1 N–H and O–H groups in total. The lowest BCUT2D eigenvalue weighted by molar-refractivity contribution is -0.248. The molecule has 7 heteroatoms. The second kappa shape index (κ2) is 14.8. The van der Waals surface area contributed by atoms with Gasteiger partial charge in [-0.2, -0.15) is 0 Å². The molecule has 3 unspecified atom stereocenters. The first kappa shape index (κ1) is 30.3. The molecule has 1 aliphatic rings. The molecule has 42 heavy (non-hydrogen) atoms. The summed E-state index contributed by atoms with van der Waals surface area (Å²) in [5.74, 6) is -0.258. The molecule has 1 fully saturated rings. The van der Waals surface area contributed by atoms with Gasteiger partial charge in [-0.25, -0.2) is 0 Å². The summed E-state index contributed by atoms with van der Waals surface area (Å²) in [6, 6.07) is 34.7. The SMILES string of the molecule is Cc1cc(Br)ccc1C(=O)[C@H]1OC(COCc2ccccc2)[C@@H](OCc2ccccc2)C(O)C1OCc1ccccc1. The Morgan fingerprint density at radius 1 is 0.762 bits per heavy atom. The minimum absolute atomic E-state index is 0.125. The first-order chi connectivity index (χ1) is 20.5. The van der Waals surface area contributed by atoms with E-state index in [2.05, 4.69) is 15.9 Å². The van der Waals surface area contributed by atoms with E-state index in [1.165, 1.54) is 0 Å². The molecule has 5 rings (SSSR count). The number of aliphatic hydroxyl groups excluding tert-OH is 1. The summed E-state index contributed by atoms with van der Waals surface area (Å²) in [6.07, 6.45) is -4.69. The zero-order valence-electron chi connectivity index (χ0n) is 23.5. The summed E-state index contributed by atoms with van der Waals surface area (Å²) >= 11 is 3.47. The van der Waals surface area contributed by atoms with E-state index in [1.807, 2.05) is 110 Å². The van der Waals surface area contributed by atoms with Crippen LogP contribution in [0.2, 0.25) is 0 Å². The van der Waals surface area contributed by atoms with Gasteiger partial charge in [0.25, 0.3) is 0 Å². The molecule has 0 amide bonds. The Hall–Kier alpha value is -3.17. The highest BCUT2D eigenvalue weighted by atomic mass is 79.9. The largest absolute Gasteiger partial charge is 0.387 e. The van der Waals surface area contributed by atoms with Gasteiger partial charge in [0, 0.05) is 10.0 Å². The third-order valence-electron chi connectivity index (χ3n) is 7.34. The first-order valence-corrected chi connectivity index (χ1v) is 14.9. The summed E-state index contributed by atoms with van der Waals surface area (Å²) in [4.78, 5) is 14.0. The third kappa shape index (κ3) is 7.81. The van der Waals surface area contributed by atoms with Gasteiger partial charge in [-0.05, 0) is 47.4 Å². The van der Waals surface area contributed by atoms with Crippen LogP contribution in [0.25, 0.3) is 0 Å². The maximum absolute atomic E-state index is 14.0. The van der Waals surface area contributed by atoms with Gasteiger partial charge in [0.2, 0.25) is 0 Å². The van der Waals surface area contributed by atoms with Gasteiger partial charge in [-0.3, -0.25) is 4.79 Å². The lowest BCUT2D eigenvalue weighted by Gasteiger charge is -2.44. The van der Waals surface area contributed by atoms with Crippen LogP contribution in [0.15, 0.2) is 114 Å². The monoisotopic (exact) mass is 630 g/mol. The molecule has 1 heterocycles. The molecule has 0 saturated carbocycles. The van der Waals surface area contributed by atoms with Crippen molar-refractivity contribution < 1.29 is 28.8 Å². The smallest absolute Gasteiger partial charge is 0.194 e. The molecule has 4 aromatic carbocycles. The van der Waals surface area contributed by atoms with E-state index in [4.69, 9.17) is 18.9 Å². The van der Waals surface area contributed by atoms with Gasteiger partial charge in [-0.15, -0.1) is 0 Å². The van der Waals surface area contributed by atoms with Crippen molar-refractivity contribution in [2.45, 2.75) is 57.3 Å². The zero-order valence-corrected chi connectivity index (χ0v) is 25.1. The predicted molar refractivity (Wildman–Crippen MR) is 164 cm³/mol. The minimum atomic E-state index is -1.15. The second-order valence-corrected chi connectivity index (χ2v) is 11.3. The first-order valence-electron chi connectivity index (χ1n) is 14.1. The number of aryl methyl sites for hydroxylation is 1. The number of benzene rings is 4. The number of carbonyl (C=O) groups is 1. The maximum Gasteiger partial charge on any atom is 0.194 e. The Kier molecular flexibility index (Phi) is 10.7. The summed E-state index contributed by atoms with van der Waals surface area (Å²) in [7, 11) is 0. The van der Waals surface area contributed by atoms with Gasteiger partial charge in [0.15, 0.2) is 5.78 Å². The van der Waals surface area contributed by atoms with E-state index in [9.17, 15) is 9.90 Å². The number of Topliss-reactive ketones (excluding diaryl/α,β-unsaturated/α-hetero) is 1. The predicted octanol–water partition coefficient (Wildman–Crippen LogP) is 6.46. The van der Waals surface area contributed by atoms with Gasteiger partial charge in [-0.1, -0.05) is 107 Å². The normalized spacial score (nSPS) is 22.1. The molecule has 218 valence electrons. The van der Waals surface area contributed by atoms with Crippen molar-refractivity contribution in [1.82, 2.24) is 0 Å². The Morgan fingerprint density at radius 2 is 1.29 bits per heavy atom. The quantitative estimate of drug-likeness (QED) is 0.181. The fraction of sp³-hybridized carbons (Fsp3) is 0.286. The van der Waals surface area contributed by atoms with E-state index >= 15 is 0 Å². The average Bonchev–Trinajstić information content (AvgIpc) is 3.01. The van der Waals surface area contributed by atoms with Crippen molar-refractivity contribution in [2.75, 3.05) is 6.61 Å². The number of carbonyl (C=O) groups excluding carboxylic acids is 1. The Bertz CT molecular complexity index is 1410. The number of ketones is 1. The van der Waals surface area contributed by atoms with Crippen LogP contribution in [0.4, 0.5) is 0 Å². The van der Waals surface area contributed by atoms with E-state index in [1.54, 1.807) is 6.07 Å². The van der Waals surface area contributed by atoms with Crippen LogP contribution < -0.4 is 0 Å². The molecule has 6 nitrogen and oxygen atoms in total. The molecule has 4 aromatic rings. The maximum atomic E-state index is 14.0. The van der Waals surface area contributed by atoms with Crippen LogP contribution in [0, 0.1) is 6.92 Å². The van der Waals surface area contributed by atoms with Crippen molar-refractivity contribution >= 4 is 21.7 Å². The van der Waals surface area contributed by atoms with Crippen molar-refractivity contribution in [2.24, 2.45) is 0 Å². The Labute approximate surface area is 255 Å². The number of ether oxygens (including phenoxy) is 4. The molecule has 0 bridgehead atoms. The Morgan fingerprint density at radius 3 is 1.83 bits per heavy atom. The highest BCUT2D eigenvalue weighted by Crippen LogP contribution is 2.31. The average molecular weight is 632 g/mol. The molecule has 0 aliphatic carbocycles. The number of hydrogen-bond acceptors (Lipinski definition) is 6. The zero-order chi connectivity index (χ0) is 29.3. The standard InChI is InChI=1S/C35H35BrO6/c1-24-19-28(36)17-18-29(24)31(37)35-34(41-22-27-15-9-4-10-16-27)32(38)33(40-21-26-13-7-3-8-14-26)30(42-35)23-39-20-25-11-5-2-6-12-25/h2-19,30,32-35,38H,20-23H2,1H3/t30?,32?,33-,34?,35-/m1/s1. The van der Waals surface area contributed by atoms with E-state index < -0.39 is 30.5 Å². The Balaban J connectivity index is 1.41. The van der Waals surface area contributed by atoms with Crippen molar-refractivity contribution in [1.29, 1.82) is 0 Å². The molecular weight excluding hydrogens is 596 g/mol. The van der Waals surface area contributed by atoms with Crippen LogP contribution in [0.1, 0.15) is 32.6 Å². The molecule has 0 aromatic heterocycles. The van der Waals surface area contributed by atoms with Crippen molar-refractivity contribution in [3.05, 3.63) is 141 Å². The van der Waals surface area contributed by atoms with Gasteiger partial charge in [0.1, 0.15) is 30.5 Å². The fourth-order valence-electron chi connectivity index (χ4n) is 5.12. The van der Waals surface area contributed by atoms with E-state index in [0.717, 1.165) is 26.7 Å². The molecule has 0 radical (unpaired) electrons. The number of aliphatic hydroxyl groups is 1. The van der Waals surface area contributed by atoms with Gasteiger partial charge >= 0.3 is 0 Å². The van der Waals surface area contributed by atoms with E-state index in [0.29, 0.717) is 12.2 Å². The van der Waals surface area contributed by atoms with Crippen LogP contribution in [0.5, 0.6) is 0 Å². The third-order valence-corrected chi connectivity index (χ3v) is 7.83. The summed E-state index contributed by atoms with van der Waals surface area (Å²) in [5, 5.41) is 11.8. The number of rotatable bonds is 12. The van der Waals surface area contributed by atoms with Crippen LogP contribution in [0.3, 0.4) is 0 Å². The number of halogens is 1. The van der Waals surface area contributed by atoms with Gasteiger partial charge < -0.3 is 24.1 Å². The molecule has 1 aliphatic heterocycles. The topological polar surface area (TPSA) is 74.2 Å². The van der Waals surface area contributed by atoms with Gasteiger partial charge in [0.05, 0.1) is 26.4 Å². The summed E-state index contributed by atoms with van der Waals surface area (Å²) in [6.45, 7) is 2.83. The molecule has 0 spiro atoms. The lowest BCUT2D eigenvalue weighted by Crippen LogP contribution is -2.62. The molecule has 1 saturated heterocycles. The highest BCUT2D eigenvalue weighted by molar-refractivity contribution is 9.10. The summed E-state index contributed by atoms with van der Waals surface area (Å²) in [5.41, 5.74) is 4.20. The highest BCUT2D eigenvalue weighted by Gasteiger charge is 2.49. The molecular formula is C35H35BrO6. The van der Waals surface area contributed by atoms with Crippen molar-refractivity contribution in [3.63, 3.8) is 0 Å². The molecule has 5 atom stereocenters. The minimum Gasteiger partial charge on any atom is -0.387 e. The van der Waals surface area contributed by atoms with Crippen molar-refractivity contribution in [3.8, 4) is 0 Å². The van der Waals surface area contributed by atoms with Crippen LogP contribution >= 0.6 is 15.9 Å². The van der Waals surface area contributed by atoms with Crippen LogP contribution in [-0.2, 0) is 38.8 Å².